The molecule has 1 aliphatic rings. The Bertz CT molecular complexity index is 1080. The van der Waals surface area contributed by atoms with E-state index >= 15 is 0 Å². The lowest BCUT2D eigenvalue weighted by Gasteiger charge is -2.28. The maximum Gasteiger partial charge on any atom is 0.276 e. The van der Waals surface area contributed by atoms with Crippen LogP contribution in [0.5, 0.6) is 5.75 Å². The molecule has 3 rings (SSSR count). The van der Waals surface area contributed by atoms with Crippen molar-refractivity contribution in [2.75, 3.05) is 12.0 Å². The minimum atomic E-state index is -0.647. The predicted molar refractivity (Wildman–Crippen MR) is 111 cm³/mol. The molecule has 1 fully saturated rings. The summed E-state index contributed by atoms with van der Waals surface area (Å²) in [5, 5.41) is 13.5. The lowest BCUT2D eigenvalue weighted by Crippen LogP contribution is -2.54. The van der Waals surface area contributed by atoms with E-state index in [2.05, 4.69) is 5.32 Å². The van der Waals surface area contributed by atoms with Crippen LogP contribution in [0.3, 0.4) is 0 Å². The van der Waals surface area contributed by atoms with Crippen molar-refractivity contribution in [3.8, 4) is 5.75 Å². The summed E-state index contributed by atoms with van der Waals surface area (Å²) in [6.45, 7) is 0. The van der Waals surface area contributed by atoms with Crippen LogP contribution in [0.1, 0.15) is 5.56 Å². The predicted octanol–water partition coefficient (Wildman–Crippen LogP) is 2.99. The SMILES string of the molecule is COc1cccc(N2C(=O)/C(=C\C=C\c3ccccc3[N+](=O)[O-])C(=O)NC2=S)c1. The molecule has 0 atom stereocenters. The largest absolute Gasteiger partial charge is 0.497 e. The number of ether oxygens (including phenoxy) is 1. The van der Waals surface area contributed by atoms with Gasteiger partial charge in [-0.3, -0.25) is 29.9 Å². The molecule has 0 saturated carbocycles. The number of hydrogen-bond acceptors (Lipinski definition) is 6. The Morgan fingerprint density at radius 3 is 2.66 bits per heavy atom. The fourth-order valence-corrected chi connectivity index (χ4v) is 2.98. The third kappa shape index (κ3) is 4.19. The number of benzene rings is 2. The molecule has 146 valence electrons. The molecular weight excluding hydrogens is 394 g/mol. The zero-order chi connectivity index (χ0) is 21.0. The molecule has 0 aliphatic carbocycles. The number of hydrogen-bond donors (Lipinski definition) is 1. The summed E-state index contributed by atoms with van der Waals surface area (Å²) in [4.78, 5) is 36.9. The number of allylic oxidation sites excluding steroid dienone is 2. The van der Waals surface area contributed by atoms with Gasteiger partial charge in [-0.05, 0) is 42.6 Å². The number of para-hydroxylation sites is 1. The van der Waals surface area contributed by atoms with Crippen molar-refractivity contribution in [2.24, 2.45) is 0 Å². The van der Waals surface area contributed by atoms with Gasteiger partial charge in [0.25, 0.3) is 17.5 Å². The van der Waals surface area contributed by atoms with Gasteiger partial charge in [-0.1, -0.05) is 24.3 Å². The summed E-state index contributed by atoms with van der Waals surface area (Å²) in [7, 11) is 1.50. The summed E-state index contributed by atoms with van der Waals surface area (Å²) in [5.74, 6) is -0.734. The number of thiocarbonyl (C=S) groups is 1. The summed E-state index contributed by atoms with van der Waals surface area (Å²) in [6, 6.07) is 12.8. The first-order chi connectivity index (χ1) is 13.9. The van der Waals surface area contributed by atoms with Crippen LogP contribution in [-0.2, 0) is 9.59 Å². The van der Waals surface area contributed by atoms with Crippen molar-refractivity contribution >= 4 is 46.6 Å². The van der Waals surface area contributed by atoms with E-state index in [1.165, 1.54) is 36.3 Å². The fraction of sp³-hybridized carbons (Fsp3) is 0.0500. The molecule has 1 saturated heterocycles. The van der Waals surface area contributed by atoms with E-state index in [4.69, 9.17) is 17.0 Å². The molecular formula is C20H15N3O5S. The Hall–Kier alpha value is -3.85. The second-order valence-electron chi connectivity index (χ2n) is 5.86. The van der Waals surface area contributed by atoms with E-state index in [-0.39, 0.29) is 16.4 Å². The Morgan fingerprint density at radius 2 is 1.93 bits per heavy atom. The summed E-state index contributed by atoms with van der Waals surface area (Å²) < 4.78 is 5.16. The van der Waals surface area contributed by atoms with Crippen molar-refractivity contribution in [3.05, 3.63) is 81.9 Å². The molecule has 1 N–H and O–H groups in total. The second-order valence-corrected chi connectivity index (χ2v) is 6.24. The van der Waals surface area contributed by atoms with Crippen LogP contribution in [0.4, 0.5) is 11.4 Å². The number of amides is 2. The smallest absolute Gasteiger partial charge is 0.276 e. The first-order valence-corrected chi connectivity index (χ1v) is 8.79. The van der Waals surface area contributed by atoms with E-state index in [1.807, 2.05) is 0 Å². The van der Waals surface area contributed by atoms with Gasteiger partial charge in [0.1, 0.15) is 11.3 Å². The van der Waals surface area contributed by atoms with Crippen molar-refractivity contribution in [2.45, 2.75) is 0 Å². The second kappa shape index (κ2) is 8.44. The number of rotatable bonds is 5. The van der Waals surface area contributed by atoms with Gasteiger partial charge in [0.15, 0.2) is 5.11 Å². The number of nitrogens with zero attached hydrogens (tertiary/aromatic N) is 2. The van der Waals surface area contributed by atoms with Crippen LogP contribution in [0.15, 0.2) is 66.3 Å². The number of methoxy groups -OCH3 is 1. The van der Waals surface area contributed by atoms with Gasteiger partial charge in [-0.15, -0.1) is 0 Å². The molecule has 0 unspecified atom stereocenters. The van der Waals surface area contributed by atoms with Crippen molar-refractivity contribution in [1.29, 1.82) is 0 Å². The zero-order valence-corrected chi connectivity index (χ0v) is 16.0. The maximum atomic E-state index is 12.9. The first kappa shape index (κ1) is 19.9. The van der Waals surface area contributed by atoms with Crippen molar-refractivity contribution in [3.63, 3.8) is 0 Å². The molecule has 8 nitrogen and oxygen atoms in total. The Morgan fingerprint density at radius 1 is 1.17 bits per heavy atom. The lowest BCUT2D eigenvalue weighted by atomic mass is 10.1. The van der Waals surface area contributed by atoms with Gasteiger partial charge in [0.2, 0.25) is 0 Å². The van der Waals surface area contributed by atoms with E-state index in [0.717, 1.165) is 0 Å². The first-order valence-electron chi connectivity index (χ1n) is 8.38. The van der Waals surface area contributed by atoms with E-state index in [0.29, 0.717) is 17.0 Å². The molecule has 1 heterocycles. The molecule has 9 heteroatoms. The van der Waals surface area contributed by atoms with Crippen LogP contribution < -0.4 is 15.0 Å². The van der Waals surface area contributed by atoms with Gasteiger partial charge >= 0.3 is 0 Å². The highest BCUT2D eigenvalue weighted by atomic mass is 32.1. The van der Waals surface area contributed by atoms with Gasteiger partial charge < -0.3 is 4.74 Å². The van der Waals surface area contributed by atoms with Crippen LogP contribution >= 0.6 is 12.2 Å². The van der Waals surface area contributed by atoms with Gasteiger partial charge in [-0.2, -0.15) is 0 Å². The third-order valence-corrected chi connectivity index (χ3v) is 4.37. The Balaban J connectivity index is 1.92. The highest BCUT2D eigenvalue weighted by Gasteiger charge is 2.34. The van der Waals surface area contributed by atoms with Crippen molar-refractivity contribution in [1.82, 2.24) is 5.32 Å². The molecule has 0 spiro atoms. The highest BCUT2D eigenvalue weighted by molar-refractivity contribution is 7.80. The normalized spacial score (nSPS) is 15.7. The van der Waals surface area contributed by atoms with E-state index in [1.54, 1.807) is 42.5 Å². The van der Waals surface area contributed by atoms with Crippen LogP contribution in [-0.4, -0.2) is 29.0 Å². The number of carbonyl (C=O) groups excluding carboxylic acids is 2. The Kier molecular flexibility index (Phi) is 5.79. The molecule has 2 aromatic rings. The maximum absolute atomic E-state index is 12.9. The third-order valence-electron chi connectivity index (χ3n) is 4.09. The average molecular weight is 409 g/mol. The molecule has 0 aromatic heterocycles. The number of nitro benzene ring substituents is 1. The molecule has 2 amide bonds. The monoisotopic (exact) mass is 409 g/mol. The average Bonchev–Trinajstić information content (AvgIpc) is 2.70. The van der Waals surface area contributed by atoms with Gasteiger partial charge in [0, 0.05) is 12.1 Å². The van der Waals surface area contributed by atoms with E-state index < -0.39 is 16.7 Å². The topological polar surface area (TPSA) is 102 Å². The zero-order valence-electron chi connectivity index (χ0n) is 15.2. The molecule has 2 aromatic carbocycles. The van der Waals surface area contributed by atoms with Crippen LogP contribution in [0, 0.1) is 10.1 Å². The minimum Gasteiger partial charge on any atom is -0.497 e. The van der Waals surface area contributed by atoms with Gasteiger partial charge in [-0.25, -0.2) is 0 Å². The molecule has 0 radical (unpaired) electrons. The van der Waals surface area contributed by atoms with Gasteiger partial charge in [0.05, 0.1) is 23.3 Å². The number of nitro groups is 1. The quantitative estimate of drug-likeness (QED) is 0.268. The standard InChI is InChI=1S/C20H15N3O5S/c1-28-15-9-5-8-14(12-15)22-19(25)16(18(24)21-20(22)29)10-4-7-13-6-2-3-11-17(13)23(26)27/h2-12H,1H3,(H,21,24,29)/b7-4+,16-10-. The minimum absolute atomic E-state index is 0.0481. The molecule has 0 bridgehead atoms. The van der Waals surface area contributed by atoms with E-state index in [9.17, 15) is 19.7 Å². The number of carbonyl (C=O) groups is 2. The lowest BCUT2D eigenvalue weighted by molar-refractivity contribution is -0.385. The summed E-state index contributed by atoms with van der Waals surface area (Å²) in [5.41, 5.74) is 0.545. The summed E-state index contributed by atoms with van der Waals surface area (Å²) in [6.07, 6.45) is 4.16. The molecule has 1 aliphatic heterocycles. The Labute approximate surface area is 171 Å². The summed E-state index contributed by atoms with van der Waals surface area (Å²) >= 11 is 5.14. The van der Waals surface area contributed by atoms with Crippen LogP contribution in [0.25, 0.3) is 6.08 Å². The van der Waals surface area contributed by atoms with Crippen molar-refractivity contribution < 1.29 is 19.2 Å². The molecule has 29 heavy (non-hydrogen) atoms. The fourth-order valence-electron chi connectivity index (χ4n) is 2.70. The number of nitrogens with one attached hydrogen (secondary N) is 1. The number of anilines is 1. The highest BCUT2D eigenvalue weighted by Crippen LogP contribution is 2.25. The van der Waals surface area contributed by atoms with Crippen LogP contribution in [0.2, 0.25) is 0 Å².